The quantitative estimate of drug-likeness (QED) is 0.882. The molecule has 0 radical (unpaired) electrons. The number of hydrogen-bond acceptors (Lipinski definition) is 4. The average molecular weight is 291 g/mol. The van der Waals surface area contributed by atoms with E-state index in [2.05, 4.69) is 19.9 Å². The number of benzene rings is 1. The molecule has 2 rings (SSSR count). The lowest BCUT2D eigenvalue weighted by Gasteiger charge is -2.07. The molecular weight excluding hydrogens is 283 g/mol. The summed E-state index contributed by atoms with van der Waals surface area (Å²) in [7, 11) is -3.90. The fourth-order valence-corrected chi connectivity index (χ4v) is 2.74. The summed E-state index contributed by atoms with van der Waals surface area (Å²) in [5, 5.41) is 6.01. The van der Waals surface area contributed by atoms with Crippen LogP contribution < -0.4 is 4.72 Å². The Morgan fingerprint density at radius 3 is 2.89 bits per heavy atom. The third kappa shape index (κ3) is 2.84. The van der Waals surface area contributed by atoms with Crippen LogP contribution in [0.4, 0.5) is 4.39 Å². The molecule has 2 aromatic rings. The van der Waals surface area contributed by atoms with E-state index in [-0.39, 0.29) is 16.5 Å². The third-order valence-electron chi connectivity index (χ3n) is 2.08. The van der Waals surface area contributed by atoms with Crippen molar-refractivity contribution in [2.24, 2.45) is 0 Å². The Morgan fingerprint density at radius 2 is 2.22 bits per heavy atom. The van der Waals surface area contributed by atoms with Crippen LogP contribution in [0.15, 0.2) is 29.4 Å². The van der Waals surface area contributed by atoms with E-state index in [1.165, 1.54) is 12.4 Å². The fourth-order valence-electron chi connectivity index (χ4n) is 1.24. The molecule has 0 aliphatic heterocycles. The lowest BCUT2D eigenvalue weighted by Crippen LogP contribution is -2.24. The second-order valence-corrected chi connectivity index (χ2v) is 5.47. The van der Waals surface area contributed by atoms with Gasteiger partial charge in [-0.15, -0.1) is 0 Å². The highest BCUT2D eigenvalue weighted by Gasteiger charge is 2.18. The van der Waals surface area contributed by atoms with Gasteiger partial charge in [0.25, 0.3) is 0 Å². The summed E-state index contributed by atoms with van der Waals surface area (Å²) in [6, 6.07) is 3.11. The van der Waals surface area contributed by atoms with Gasteiger partial charge in [0.05, 0.1) is 11.6 Å². The normalized spacial score (nSPS) is 11.7. The van der Waals surface area contributed by atoms with Crippen LogP contribution in [0.5, 0.6) is 0 Å². The topological polar surface area (TPSA) is 87.7 Å². The first kappa shape index (κ1) is 12.9. The number of hydrogen-bond donors (Lipinski definition) is 2. The van der Waals surface area contributed by atoms with Gasteiger partial charge in [-0.1, -0.05) is 11.6 Å². The zero-order valence-corrected chi connectivity index (χ0v) is 10.5. The molecule has 6 nitrogen and oxygen atoms in total. The monoisotopic (exact) mass is 290 g/mol. The predicted octanol–water partition coefficient (Wildman–Crippen LogP) is 1.08. The number of halogens is 2. The molecule has 0 fully saturated rings. The molecule has 2 N–H and O–H groups in total. The van der Waals surface area contributed by atoms with Crippen LogP contribution in [0, 0.1) is 5.82 Å². The molecule has 0 unspecified atom stereocenters. The van der Waals surface area contributed by atoms with Crippen molar-refractivity contribution in [3.8, 4) is 0 Å². The van der Waals surface area contributed by atoms with Crippen LogP contribution in [0.25, 0.3) is 0 Å². The highest BCUT2D eigenvalue weighted by molar-refractivity contribution is 7.89. The maximum absolute atomic E-state index is 13.0. The van der Waals surface area contributed by atoms with Crippen molar-refractivity contribution in [2.75, 3.05) is 0 Å². The second-order valence-electron chi connectivity index (χ2n) is 3.33. The van der Waals surface area contributed by atoms with Crippen molar-refractivity contribution in [3.05, 3.63) is 41.2 Å². The Labute approximate surface area is 107 Å². The van der Waals surface area contributed by atoms with Crippen LogP contribution in [-0.2, 0) is 16.6 Å². The van der Waals surface area contributed by atoms with Crippen molar-refractivity contribution < 1.29 is 12.8 Å². The van der Waals surface area contributed by atoms with Gasteiger partial charge < -0.3 is 0 Å². The molecule has 0 spiro atoms. The molecular formula is C9H8ClFN4O2S. The number of sulfonamides is 1. The first-order valence-corrected chi connectivity index (χ1v) is 6.64. The number of aromatic nitrogens is 3. The number of aromatic amines is 1. The maximum atomic E-state index is 13.0. The van der Waals surface area contributed by atoms with Gasteiger partial charge in [-0.2, -0.15) is 5.10 Å². The molecule has 96 valence electrons. The Bertz CT molecular complexity index is 645. The summed E-state index contributed by atoms with van der Waals surface area (Å²) in [5.41, 5.74) is 0. The van der Waals surface area contributed by atoms with Crippen LogP contribution in [-0.4, -0.2) is 23.6 Å². The molecule has 18 heavy (non-hydrogen) atoms. The van der Waals surface area contributed by atoms with Crippen LogP contribution in [0.3, 0.4) is 0 Å². The standard InChI is InChI=1S/C9H8ClFN4O2S/c10-7-2-1-6(11)3-8(7)18(16,17)14-4-9-12-5-13-15-9/h1-3,5,14H,4H2,(H,12,13,15). The first-order valence-electron chi connectivity index (χ1n) is 4.78. The Kier molecular flexibility index (Phi) is 3.60. The van der Waals surface area contributed by atoms with E-state index in [0.29, 0.717) is 5.82 Å². The Balaban J connectivity index is 2.22. The van der Waals surface area contributed by atoms with Crippen molar-refractivity contribution in [2.45, 2.75) is 11.4 Å². The molecule has 1 aromatic carbocycles. The molecule has 0 saturated heterocycles. The Morgan fingerprint density at radius 1 is 1.44 bits per heavy atom. The van der Waals surface area contributed by atoms with E-state index >= 15 is 0 Å². The molecule has 1 heterocycles. The van der Waals surface area contributed by atoms with Crippen LogP contribution in [0.2, 0.25) is 5.02 Å². The molecule has 0 aliphatic rings. The minimum Gasteiger partial charge on any atom is -0.262 e. The van der Waals surface area contributed by atoms with E-state index in [9.17, 15) is 12.8 Å². The van der Waals surface area contributed by atoms with Crippen LogP contribution >= 0.6 is 11.6 Å². The number of nitrogens with one attached hydrogen (secondary N) is 2. The van der Waals surface area contributed by atoms with Crippen molar-refractivity contribution in [3.63, 3.8) is 0 Å². The summed E-state index contributed by atoms with van der Waals surface area (Å²) in [6.07, 6.45) is 1.25. The van der Waals surface area contributed by atoms with Gasteiger partial charge in [-0.25, -0.2) is 22.5 Å². The zero-order chi connectivity index (χ0) is 13.2. The number of H-pyrrole nitrogens is 1. The predicted molar refractivity (Wildman–Crippen MR) is 61.8 cm³/mol. The van der Waals surface area contributed by atoms with Crippen molar-refractivity contribution >= 4 is 21.6 Å². The maximum Gasteiger partial charge on any atom is 0.242 e. The lowest BCUT2D eigenvalue weighted by molar-refractivity contribution is 0.575. The smallest absolute Gasteiger partial charge is 0.242 e. The van der Waals surface area contributed by atoms with Gasteiger partial charge in [0.15, 0.2) is 0 Å². The molecule has 1 aromatic heterocycles. The SMILES string of the molecule is O=S(=O)(NCc1ncn[nH]1)c1cc(F)ccc1Cl. The fraction of sp³-hybridized carbons (Fsp3) is 0.111. The van der Waals surface area contributed by atoms with Gasteiger partial charge in [0.1, 0.15) is 22.9 Å². The molecule has 0 saturated carbocycles. The largest absolute Gasteiger partial charge is 0.262 e. The van der Waals surface area contributed by atoms with Gasteiger partial charge in [-0.3, -0.25) is 5.10 Å². The van der Waals surface area contributed by atoms with E-state index in [4.69, 9.17) is 11.6 Å². The van der Waals surface area contributed by atoms with Gasteiger partial charge in [0, 0.05) is 0 Å². The summed E-state index contributed by atoms with van der Waals surface area (Å²) in [5.74, 6) is -0.342. The molecule has 9 heteroatoms. The average Bonchev–Trinajstić information content (AvgIpc) is 2.83. The summed E-state index contributed by atoms with van der Waals surface area (Å²) < 4.78 is 39.0. The van der Waals surface area contributed by atoms with E-state index in [0.717, 1.165) is 12.1 Å². The molecule has 0 amide bonds. The van der Waals surface area contributed by atoms with Gasteiger partial charge >= 0.3 is 0 Å². The van der Waals surface area contributed by atoms with E-state index in [1.807, 2.05) is 0 Å². The van der Waals surface area contributed by atoms with Crippen LogP contribution in [0.1, 0.15) is 5.82 Å². The minimum atomic E-state index is -3.90. The van der Waals surface area contributed by atoms with Crippen molar-refractivity contribution in [1.29, 1.82) is 0 Å². The van der Waals surface area contributed by atoms with Crippen molar-refractivity contribution in [1.82, 2.24) is 19.9 Å². The summed E-state index contributed by atoms with van der Waals surface area (Å²) in [6.45, 7) is -0.0881. The summed E-state index contributed by atoms with van der Waals surface area (Å²) >= 11 is 5.72. The van der Waals surface area contributed by atoms with E-state index in [1.54, 1.807) is 0 Å². The first-order chi connectivity index (χ1) is 8.49. The lowest BCUT2D eigenvalue weighted by atomic mass is 10.3. The third-order valence-corrected chi connectivity index (χ3v) is 3.96. The molecule has 0 aliphatic carbocycles. The highest BCUT2D eigenvalue weighted by atomic mass is 35.5. The number of rotatable bonds is 4. The number of nitrogens with zero attached hydrogens (tertiary/aromatic N) is 2. The molecule has 0 bridgehead atoms. The van der Waals surface area contributed by atoms with E-state index < -0.39 is 15.8 Å². The second kappa shape index (κ2) is 5.01. The van der Waals surface area contributed by atoms with Gasteiger partial charge in [0.2, 0.25) is 10.0 Å². The summed E-state index contributed by atoms with van der Waals surface area (Å²) in [4.78, 5) is 3.44. The minimum absolute atomic E-state index is 0.0542. The Hall–Kier alpha value is -1.51. The molecule has 0 atom stereocenters. The highest BCUT2D eigenvalue weighted by Crippen LogP contribution is 2.21. The zero-order valence-electron chi connectivity index (χ0n) is 8.89. The van der Waals surface area contributed by atoms with Gasteiger partial charge in [-0.05, 0) is 18.2 Å².